The van der Waals surface area contributed by atoms with Crippen LogP contribution in [0.4, 0.5) is 0 Å². The zero-order valence-corrected chi connectivity index (χ0v) is 12.4. The van der Waals surface area contributed by atoms with Crippen LogP contribution in [0, 0.1) is 0 Å². The molecule has 0 atom stereocenters. The first-order valence-corrected chi connectivity index (χ1v) is 7.37. The molecule has 0 saturated carbocycles. The summed E-state index contributed by atoms with van der Waals surface area (Å²) < 4.78 is 0. The average Bonchev–Trinajstić information content (AvgIpc) is 2.30. The summed E-state index contributed by atoms with van der Waals surface area (Å²) in [4.78, 5) is 16.0. The first-order chi connectivity index (χ1) is 7.69. The number of rotatable bonds is 9. The molecular weight excluding hydrogens is 268 g/mol. The first kappa shape index (κ1) is 15.9. The first-order valence-electron chi connectivity index (χ1n) is 6.25. The molecule has 0 radical (unpaired) electrons. The highest BCUT2D eigenvalue weighted by Gasteiger charge is 2.10. The van der Waals surface area contributed by atoms with Gasteiger partial charge in [0.15, 0.2) is 0 Å². The van der Waals surface area contributed by atoms with E-state index in [-0.39, 0.29) is 5.91 Å². The number of hydrogen-bond acceptors (Lipinski definition) is 2. The third-order valence-electron chi connectivity index (χ3n) is 2.84. The summed E-state index contributed by atoms with van der Waals surface area (Å²) in [6, 6.07) is 0. The molecule has 96 valence electrons. The number of carbonyl (C=O) groups excluding carboxylic acids is 1. The van der Waals surface area contributed by atoms with Gasteiger partial charge in [0.05, 0.1) is 0 Å². The van der Waals surface area contributed by atoms with Crippen LogP contribution in [0.2, 0.25) is 0 Å². The molecule has 0 aliphatic rings. The van der Waals surface area contributed by atoms with E-state index in [2.05, 4.69) is 34.7 Å². The molecule has 16 heavy (non-hydrogen) atoms. The van der Waals surface area contributed by atoms with E-state index >= 15 is 0 Å². The molecule has 0 spiro atoms. The van der Waals surface area contributed by atoms with Crippen molar-refractivity contribution in [1.29, 1.82) is 0 Å². The minimum Gasteiger partial charge on any atom is -0.343 e. The van der Waals surface area contributed by atoms with Gasteiger partial charge in [0.1, 0.15) is 0 Å². The highest BCUT2D eigenvalue weighted by atomic mass is 79.9. The Bertz CT molecular complexity index is 184. The second-order valence-electron chi connectivity index (χ2n) is 3.79. The highest BCUT2D eigenvalue weighted by Crippen LogP contribution is 2.00. The van der Waals surface area contributed by atoms with E-state index in [1.54, 1.807) is 0 Å². The van der Waals surface area contributed by atoms with E-state index in [4.69, 9.17) is 0 Å². The largest absolute Gasteiger partial charge is 0.343 e. The van der Waals surface area contributed by atoms with Crippen molar-refractivity contribution >= 4 is 21.8 Å². The van der Waals surface area contributed by atoms with Gasteiger partial charge in [0, 0.05) is 24.8 Å². The van der Waals surface area contributed by atoms with Crippen molar-refractivity contribution in [3.05, 3.63) is 0 Å². The zero-order valence-electron chi connectivity index (χ0n) is 10.8. The van der Waals surface area contributed by atoms with Crippen LogP contribution in [0.1, 0.15) is 33.6 Å². The number of amides is 1. The number of carbonyl (C=O) groups is 1. The third kappa shape index (κ3) is 6.48. The summed E-state index contributed by atoms with van der Waals surface area (Å²) in [7, 11) is 0. The highest BCUT2D eigenvalue weighted by molar-refractivity contribution is 9.09. The molecule has 0 bridgehead atoms. The normalized spacial score (nSPS) is 10.8. The molecule has 0 aliphatic heterocycles. The fourth-order valence-corrected chi connectivity index (χ4v) is 2.06. The van der Waals surface area contributed by atoms with Crippen LogP contribution in [0.15, 0.2) is 0 Å². The Labute approximate surface area is 108 Å². The van der Waals surface area contributed by atoms with Crippen LogP contribution in [0.5, 0.6) is 0 Å². The quantitative estimate of drug-likeness (QED) is 0.609. The number of nitrogens with zero attached hydrogens (tertiary/aromatic N) is 2. The van der Waals surface area contributed by atoms with Gasteiger partial charge in [-0.3, -0.25) is 4.79 Å². The lowest BCUT2D eigenvalue weighted by Gasteiger charge is -2.23. The molecule has 0 aliphatic carbocycles. The summed E-state index contributed by atoms with van der Waals surface area (Å²) in [5, 5.41) is 0.762. The van der Waals surface area contributed by atoms with Gasteiger partial charge in [0.25, 0.3) is 0 Å². The van der Waals surface area contributed by atoms with Crippen molar-refractivity contribution < 1.29 is 4.79 Å². The van der Waals surface area contributed by atoms with Gasteiger partial charge in [-0.25, -0.2) is 0 Å². The minimum atomic E-state index is 0.263. The lowest BCUT2D eigenvalue weighted by molar-refractivity contribution is -0.130. The Balaban J connectivity index is 3.82. The van der Waals surface area contributed by atoms with Gasteiger partial charge in [-0.05, 0) is 33.0 Å². The minimum absolute atomic E-state index is 0.263. The summed E-state index contributed by atoms with van der Waals surface area (Å²) >= 11 is 3.31. The van der Waals surface area contributed by atoms with E-state index < -0.39 is 0 Å². The van der Waals surface area contributed by atoms with Crippen LogP contribution >= 0.6 is 15.9 Å². The van der Waals surface area contributed by atoms with E-state index in [0.717, 1.165) is 44.5 Å². The lowest BCUT2D eigenvalue weighted by atomic mass is 10.3. The van der Waals surface area contributed by atoms with Gasteiger partial charge in [-0.1, -0.05) is 29.8 Å². The van der Waals surface area contributed by atoms with E-state index in [1.807, 2.05) is 11.8 Å². The SMILES string of the molecule is CCN(CC)CCCN(CC)C(=O)CCBr. The predicted molar refractivity (Wildman–Crippen MR) is 73.1 cm³/mol. The van der Waals surface area contributed by atoms with Crippen molar-refractivity contribution in [1.82, 2.24) is 9.80 Å². The van der Waals surface area contributed by atoms with Crippen molar-refractivity contribution in [2.24, 2.45) is 0 Å². The Morgan fingerprint density at radius 1 is 1.06 bits per heavy atom. The molecule has 0 heterocycles. The molecule has 0 aromatic carbocycles. The van der Waals surface area contributed by atoms with E-state index in [1.165, 1.54) is 0 Å². The second kappa shape index (κ2) is 10.1. The predicted octanol–water partition coefficient (Wildman–Crippen LogP) is 2.35. The molecule has 3 nitrogen and oxygen atoms in total. The number of hydrogen-bond donors (Lipinski definition) is 0. The van der Waals surface area contributed by atoms with Crippen LogP contribution < -0.4 is 0 Å². The maximum Gasteiger partial charge on any atom is 0.223 e. The number of halogens is 1. The van der Waals surface area contributed by atoms with Gasteiger partial charge in [-0.15, -0.1) is 0 Å². The molecule has 0 rings (SSSR count). The average molecular weight is 293 g/mol. The molecule has 1 amide bonds. The molecule has 0 aromatic rings. The van der Waals surface area contributed by atoms with Crippen LogP contribution in [-0.4, -0.2) is 53.8 Å². The molecular formula is C12H25BrN2O. The second-order valence-corrected chi connectivity index (χ2v) is 4.59. The van der Waals surface area contributed by atoms with Gasteiger partial charge < -0.3 is 9.80 Å². The summed E-state index contributed by atoms with van der Waals surface area (Å²) in [5.74, 6) is 0.263. The summed E-state index contributed by atoms with van der Waals surface area (Å²) in [5.41, 5.74) is 0. The number of alkyl halides is 1. The zero-order chi connectivity index (χ0) is 12.4. The topological polar surface area (TPSA) is 23.6 Å². The Hall–Kier alpha value is -0.0900. The van der Waals surface area contributed by atoms with E-state index in [0.29, 0.717) is 6.42 Å². The fraction of sp³-hybridized carbons (Fsp3) is 0.917. The standard InChI is InChI=1S/C12H25BrN2O/c1-4-14(5-2)10-7-11-15(6-3)12(16)8-9-13/h4-11H2,1-3H3. The molecule has 0 unspecified atom stereocenters. The van der Waals surface area contributed by atoms with Crippen molar-refractivity contribution in [3.8, 4) is 0 Å². The lowest BCUT2D eigenvalue weighted by Crippen LogP contribution is -2.34. The maximum absolute atomic E-state index is 11.7. The maximum atomic E-state index is 11.7. The third-order valence-corrected chi connectivity index (χ3v) is 3.24. The van der Waals surface area contributed by atoms with Gasteiger partial charge in [0.2, 0.25) is 5.91 Å². The molecule has 0 saturated heterocycles. The summed E-state index contributed by atoms with van der Waals surface area (Å²) in [6.45, 7) is 11.4. The van der Waals surface area contributed by atoms with E-state index in [9.17, 15) is 4.79 Å². The van der Waals surface area contributed by atoms with Crippen LogP contribution in [0.3, 0.4) is 0 Å². The van der Waals surface area contributed by atoms with Gasteiger partial charge in [-0.2, -0.15) is 0 Å². The smallest absolute Gasteiger partial charge is 0.223 e. The summed E-state index contributed by atoms with van der Waals surface area (Å²) in [6.07, 6.45) is 1.68. The monoisotopic (exact) mass is 292 g/mol. The van der Waals surface area contributed by atoms with Crippen LogP contribution in [0.25, 0.3) is 0 Å². The van der Waals surface area contributed by atoms with Gasteiger partial charge >= 0.3 is 0 Å². The molecule has 4 heteroatoms. The molecule has 0 N–H and O–H groups in total. The van der Waals surface area contributed by atoms with Crippen LogP contribution in [-0.2, 0) is 4.79 Å². The Kier molecular flexibility index (Phi) is 10.0. The van der Waals surface area contributed by atoms with Crippen molar-refractivity contribution in [3.63, 3.8) is 0 Å². The van der Waals surface area contributed by atoms with Crippen molar-refractivity contribution in [2.75, 3.05) is 38.1 Å². The Morgan fingerprint density at radius 2 is 1.69 bits per heavy atom. The van der Waals surface area contributed by atoms with Crippen molar-refractivity contribution in [2.45, 2.75) is 33.6 Å². The fourth-order valence-electron chi connectivity index (χ4n) is 1.72. The molecule has 0 aromatic heterocycles. The molecule has 0 fully saturated rings. The Morgan fingerprint density at radius 3 is 2.12 bits per heavy atom.